The first-order valence-corrected chi connectivity index (χ1v) is 8.25. The van der Waals surface area contributed by atoms with E-state index < -0.39 is 43.3 Å². The third-order valence-electron chi connectivity index (χ3n) is 2.86. The largest absolute Gasteiger partial charge is 0.449 e. The van der Waals surface area contributed by atoms with Crippen molar-refractivity contribution >= 4 is 27.4 Å². The Kier molecular flexibility index (Phi) is 5.43. The molecule has 126 valence electrons. The maximum Gasteiger partial charge on any atom is 0.339 e. The van der Waals surface area contributed by atoms with Gasteiger partial charge in [0.05, 0.1) is 10.5 Å². The lowest BCUT2D eigenvalue weighted by Gasteiger charge is -2.17. The Labute approximate surface area is 132 Å². The zero-order valence-corrected chi connectivity index (χ0v) is 13.8. The second-order valence-corrected chi connectivity index (χ2v) is 6.98. The molecule has 0 fully saturated rings. The maximum absolute atomic E-state index is 12.0. The Morgan fingerprint density at radius 2 is 1.87 bits per heavy atom. The number of carbonyl (C=O) groups is 2. The number of nitro benzene ring substituents is 1. The highest BCUT2D eigenvalue weighted by Crippen LogP contribution is 2.25. The van der Waals surface area contributed by atoms with Crippen molar-refractivity contribution in [2.45, 2.75) is 17.9 Å². The third-order valence-corrected chi connectivity index (χ3v) is 4.01. The molecule has 0 spiro atoms. The van der Waals surface area contributed by atoms with Crippen LogP contribution in [0.2, 0.25) is 0 Å². The van der Waals surface area contributed by atoms with Gasteiger partial charge >= 0.3 is 5.97 Å². The summed E-state index contributed by atoms with van der Waals surface area (Å²) in [6.07, 6.45) is -0.253. The molecule has 0 aromatic heterocycles. The average molecular weight is 344 g/mol. The number of esters is 1. The fourth-order valence-corrected chi connectivity index (χ4v) is 2.57. The highest BCUT2D eigenvalue weighted by atomic mass is 32.2. The van der Waals surface area contributed by atoms with Gasteiger partial charge in [-0.05, 0) is 19.1 Å². The van der Waals surface area contributed by atoms with Gasteiger partial charge in [0.1, 0.15) is 4.90 Å². The van der Waals surface area contributed by atoms with Crippen LogP contribution in [0, 0.1) is 10.1 Å². The summed E-state index contributed by atoms with van der Waals surface area (Å²) < 4.78 is 27.9. The molecule has 0 aliphatic rings. The molecule has 0 bridgehead atoms. The number of likely N-dealkylation sites (N-methyl/N-ethyl adjacent to an activating group) is 1. The van der Waals surface area contributed by atoms with E-state index in [0.29, 0.717) is 0 Å². The summed E-state index contributed by atoms with van der Waals surface area (Å²) >= 11 is 0. The number of amides is 1. The first kappa shape index (κ1) is 18.6. The number of ether oxygens (including phenoxy) is 1. The number of benzene rings is 1. The van der Waals surface area contributed by atoms with Crippen LogP contribution in [0.5, 0.6) is 0 Å². The number of sulfone groups is 1. The summed E-state index contributed by atoms with van der Waals surface area (Å²) in [4.78, 5) is 34.4. The molecule has 0 saturated heterocycles. The molecule has 0 radical (unpaired) electrons. The summed E-state index contributed by atoms with van der Waals surface area (Å²) in [5, 5.41) is 11.0. The van der Waals surface area contributed by atoms with Crippen LogP contribution in [0.25, 0.3) is 0 Å². The zero-order valence-electron chi connectivity index (χ0n) is 13.0. The van der Waals surface area contributed by atoms with Crippen molar-refractivity contribution in [2.24, 2.45) is 0 Å². The normalized spacial score (nSPS) is 12.3. The van der Waals surface area contributed by atoms with E-state index in [0.717, 1.165) is 24.5 Å². The van der Waals surface area contributed by atoms with Crippen molar-refractivity contribution in [1.29, 1.82) is 0 Å². The van der Waals surface area contributed by atoms with Crippen LogP contribution in [-0.2, 0) is 19.4 Å². The third kappa shape index (κ3) is 4.49. The fraction of sp³-hybridized carbons (Fsp3) is 0.385. The van der Waals surface area contributed by atoms with Crippen molar-refractivity contribution in [3.63, 3.8) is 0 Å². The molecule has 0 saturated carbocycles. The van der Waals surface area contributed by atoms with Gasteiger partial charge in [-0.1, -0.05) is 0 Å². The summed E-state index contributed by atoms with van der Waals surface area (Å²) in [6.45, 7) is 1.36. The van der Waals surface area contributed by atoms with Gasteiger partial charge in [-0.3, -0.25) is 14.9 Å². The molecule has 1 aromatic rings. The fourth-order valence-electron chi connectivity index (χ4n) is 1.74. The Balaban J connectivity index is 3.15. The second kappa shape index (κ2) is 6.73. The Morgan fingerprint density at radius 3 is 2.30 bits per heavy atom. The summed E-state index contributed by atoms with van der Waals surface area (Å²) in [7, 11) is -0.854. The topological polar surface area (TPSA) is 124 Å². The Hall–Kier alpha value is -2.49. The number of nitro groups is 1. The van der Waals surface area contributed by atoms with Gasteiger partial charge in [0.15, 0.2) is 15.9 Å². The van der Waals surface area contributed by atoms with Crippen LogP contribution in [0.15, 0.2) is 23.1 Å². The zero-order chi connectivity index (χ0) is 17.9. The maximum atomic E-state index is 12.0. The molecule has 9 nitrogen and oxygen atoms in total. The molecule has 0 aliphatic carbocycles. The van der Waals surface area contributed by atoms with Gasteiger partial charge in [-0.15, -0.1) is 0 Å². The molecule has 0 aliphatic heterocycles. The smallest absolute Gasteiger partial charge is 0.339 e. The molecule has 1 atom stereocenters. The van der Waals surface area contributed by atoms with E-state index in [1.165, 1.54) is 25.9 Å². The number of hydrogen-bond donors (Lipinski definition) is 0. The van der Waals surface area contributed by atoms with Crippen molar-refractivity contribution in [3.05, 3.63) is 33.9 Å². The molecular weight excluding hydrogens is 328 g/mol. The SMILES string of the molecule is CC(OC(=O)c1ccc(S(C)(=O)=O)c([N+](=O)[O-])c1)C(=O)N(C)C. The molecule has 1 amide bonds. The Morgan fingerprint density at radius 1 is 1.30 bits per heavy atom. The van der Waals surface area contributed by atoms with Crippen LogP contribution < -0.4 is 0 Å². The van der Waals surface area contributed by atoms with Crippen LogP contribution in [0.1, 0.15) is 17.3 Å². The predicted octanol–water partition coefficient (Wildman–Crippen LogP) is 0.632. The van der Waals surface area contributed by atoms with Crippen LogP contribution in [-0.4, -0.2) is 56.6 Å². The molecule has 0 heterocycles. The second-order valence-electron chi connectivity index (χ2n) is 4.99. The van der Waals surface area contributed by atoms with Crippen LogP contribution >= 0.6 is 0 Å². The average Bonchev–Trinajstić information content (AvgIpc) is 2.44. The van der Waals surface area contributed by atoms with E-state index >= 15 is 0 Å². The van der Waals surface area contributed by atoms with Gasteiger partial charge in [0.2, 0.25) is 0 Å². The molecule has 0 N–H and O–H groups in total. The van der Waals surface area contributed by atoms with E-state index in [9.17, 15) is 28.1 Å². The minimum Gasteiger partial charge on any atom is -0.449 e. The van der Waals surface area contributed by atoms with Gasteiger partial charge in [-0.25, -0.2) is 13.2 Å². The highest BCUT2D eigenvalue weighted by Gasteiger charge is 2.26. The molecule has 1 aromatic carbocycles. The summed E-state index contributed by atoms with van der Waals surface area (Å²) in [5.41, 5.74) is -0.948. The standard InChI is InChI=1S/C13H16N2O7S/c1-8(12(16)14(2)3)22-13(17)9-5-6-11(23(4,20)21)10(7-9)15(18)19/h5-8H,1-4H3. The van der Waals surface area contributed by atoms with E-state index in [-0.39, 0.29) is 5.56 Å². The van der Waals surface area contributed by atoms with Crippen molar-refractivity contribution in [1.82, 2.24) is 4.90 Å². The van der Waals surface area contributed by atoms with Gasteiger partial charge in [0, 0.05) is 26.4 Å². The van der Waals surface area contributed by atoms with Crippen molar-refractivity contribution in [3.8, 4) is 0 Å². The molecule has 23 heavy (non-hydrogen) atoms. The van der Waals surface area contributed by atoms with E-state index in [2.05, 4.69) is 0 Å². The number of rotatable bonds is 5. The lowest BCUT2D eigenvalue weighted by atomic mass is 10.2. The summed E-state index contributed by atoms with van der Waals surface area (Å²) in [5.74, 6) is -1.42. The molecule has 1 unspecified atom stereocenters. The number of hydrogen-bond acceptors (Lipinski definition) is 7. The van der Waals surface area contributed by atoms with Crippen molar-refractivity contribution < 1.29 is 27.7 Å². The summed E-state index contributed by atoms with van der Waals surface area (Å²) in [6, 6.07) is 2.87. The van der Waals surface area contributed by atoms with Crippen LogP contribution in [0.4, 0.5) is 5.69 Å². The first-order chi connectivity index (χ1) is 10.4. The highest BCUT2D eigenvalue weighted by molar-refractivity contribution is 7.90. The predicted molar refractivity (Wildman–Crippen MR) is 79.8 cm³/mol. The number of carbonyl (C=O) groups excluding carboxylic acids is 2. The monoisotopic (exact) mass is 344 g/mol. The molecular formula is C13H16N2O7S. The van der Waals surface area contributed by atoms with Gasteiger partial charge < -0.3 is 9.64 Å². The molecule has 1 rings (SSSR count). The van der Waals surface area contributed by atoms with Gasteiger partial charge in [-0.2, -0.15) is 0 Å². The van der Waals surface area contributed by atoms with Crippen LogP contribution in [0.3, 0.4) is 0 Å². The van der Waals surface area contributed by atoms with E-state index in [1.54, 1.807) is 0 Å². The lowest BCUT2D eigenvalue weighted by Crippen LogP contribution is -2.34. The Bertz CT molecular complexity index is 756. The van der Waals surface area contributed by atoms with E-state index in [4.69, 9.17) is 4.74 Å². The lowest BCUT2D eigenvalue weighted by molar-refractivity contribution is -0.387. The van der Waals surface area contributed by atoms with Gasteiger partial charge in [0.25, 0.3) is 11.6 Å². The minimum atomic E-state index is -3.82. The quantitative estimate of drug-likeness (QED) is 0.436. The minimum absolute atomic E-state index is 0.220. The van der Waals surface area contributed by atoms with Crippen molar-refractivity contribution in [2.75, 3.05) is 20.4 Å². The molecule has 10 heteroatoms. The first-order valence-electron chi connectivity index (χ1n) is 6.35. The number of nitrogens with zero attached hydrogens (tertiary/aromatic N) is 2. The van der Waals surface area contributed by atoms with E-state index in [1.807, 2.05) is 0 Å².